The predicted molar refractivity (Wildman–Crippen MR) is 71.0 cm³/mol. The topological polar surface area (TPSA) is 91.8 Å². The van der Waals surface area contributed by atoms with Gasteiger partial charge in [-0.2, -0.15) is 5.26 Å². The molecule has 0 heterocycles. The van der Waals surface area contributed by atoms with Crippen molar-refractivity contribution in [2.75, 3.05) is 6.54 Å². The molecule has 0 saturated heterocycles. The number of carbonyl (C=O) groups is 2. The van der Waals surface area contributed by atoms with E-state index < -0.39 is 5.97 Å². The minimum absolute atomic E-state index is 0.160. The Hall–Kier alpha value is -2.86. The molecule has 1 aromatic rings. The number of rotatable bonds is 6. The molecule has 0 spiro atoms. The van der Waals surface area contributed by atoms with E-state index in [1.807, 2.05) is 6.07 Å². The van der Waals surface area contributed by atoms with E-state index in [4.69, 9.17) is 16.9 Å². The molecule has 0 aliphatic rings. The summed E-state index contributed by atoms with van der Waals surface area (Å²) >= 11 is 0. The molecule has 0 aliphatic carbocycles. The maximum absolute atomic E-state index is 10.4. The van der Waals surface area contributed by atoms with Gasteiger partial charge in [0, 0.05) is 12.8 Å². The number of hydrogen-bond acceptors (Lipinski definition) is 4. The van der Waals surface area contributed by atoms with Gasteiger partial charge in [0.1, 0.15) is 5.75 Å². The third-order valence-electron chi connectivity index (χ3n) is 2.09. The highest BCUT2D eigenvalue weighted by Gasteiger charge is 2.01. The van der Waals surface area contributed by atoms with Crippen molar-refractivity contribution in [3.63, 3.8) is 0 Å². The maximum Gasteiger partial charge on any atom is 0.335 e. The van der Waals surface area contributed by atoms with Crippen molar-refractivity contribution in [3.05, 3.63) is 41.2 Å². The third-order valence-corrected chi connectivity index (χ3v) is 2.09. The summed E-state index contributed by atoms with van der Waals surface area (Å²) in [7, 11) is 0. The lowest BCUT2D eigenvalue weighted by molar-refractivity contribution is -0.120. The maximum atomic E-state index is 10.4. The first-order valence-corrected chi connectivity index (χ1v) is 5.79. The van der Waals surface area contributed by atoms with Gasteiger partial charge in [0.25, 0.3) is 6.47 Å². The first kappa shape index (κ1) is 17.1. The molecule has 1 N–H and O–H groups in total. The molecule has 1 rings (SSSR count). The number of benzene rings is 1. The average molecular weight is 274 g/mol. The van der Waals surface area contributed by atoms with E-state index in [1.54, 1.807) is 0 Å². The van der Waals surface area contributed by atoms with Gasteiger partial charge in [-0.15, -0.1) is 0 Å². The monoisotopic (exact) mass is 274 g/mol. The molecule has 1 aromatic carbocycles. The number of carboxylic acid groups (broad SMARTS) is 1. The van der Waals surface area contributed by atoms with Crippen LogP contribution in [0.2, 0.25) is 0 Å². The number of unbranched alkanes of at least 4 members (excludes halogenated alkanes) is 2. The van der Waals surface area contributed by atoms with Crippen molar-refractivity contribution in [3.8, 4) is 11.8 Å². The summed E-state index contributed by atoms with van der Waals surface area (Å²) in [5, 5.41) is 16.5. The molecule has 20 heavy (non-hydrogen) atoms. The Morgan fingerprint density at radius 3 is 2.50 bits per heavy atom. The number of ether oxygens (including phenoxy) is 1. The van der Waals surface area contributed by atoms with Crippen LogP contribution in [-0.2, 0) is 4.79 Å². The zero-order chi connectivity index (χ0) is 15.2. The summed E-state index contributed by atoms with van der Waals surface area (Å²) in [6.07, 6.45) is 2.34. The quantitative estimate of drug-likeness (QED) is 0.489. The lowest BCUT2D eigenvalue weighted by atomic mass is 10.2. The van der Waals surface area contributed by atoms with Gasteiger partial charge in [0.15, 0.2) is 0 Å². The summed E-state index contributed by atoms with van der Waals surface area (Å²) in [5.41, 5.74) is 0.160. The second-order valence-corrected chi connectivity index (χ2v) is 3.54. The summed E-state index contributed by atoms with van der Waals surface area (Å²) < 4.78 is 4.47. The zero-order valence-electron chi connectivity index (χ0n) is 10.8. The summed E-state index contributed by atoms with van der Waals surface area (Å²) in [5.74, 6) is -0.678. The van der Waals surface area contributed by atoms with Crippen LogP contribution in [0, 0.1) is 17.9 Å². The highest BCUT2D eigenvalue weighted by atomic mass is 16.5. The van der Waals surface area contributed by atoms with Crippen LogP contribution in [0.25, 0.3) is 4.85 Å². The van der Waals surface area contributed by atoms with Crippen LogP contribution < -0.4 is 4.74 Å². The minimum atomic E-state index is -1.01. The Morgan fingerprint density at radius 1 is 1.40 bits per heavy atom. The van der Waals surface area contributed by atoms with E-state index in [9.17, 15) is 9.59 Å². The normalized spacial score (nSPS) is 8.30. The van der Waals surface area contributed by atoms with Gasteiger partial charge in [0.2, 0.25) is 6.54 Å². The molecule has 6 nitrogen and oxygen atoms in total. The number of hydrogen-bond donors (Lipinski definition) is 1. The van der Waals surface area contributed by atoms with Gasteiger partial charge in [-0.05, 0) is 30.7 Å². The minimum Gasteiger partial charge on any atom is -0.478 e. The van der Waals surface area contributed by atoms with Crippen molar-refractivity contribution in [2.45, 2.75) is 19.3 Å². The van der Waals surface area contributed by atoms with Gasteiger partial charge in [-0.3, -0.25) is 4.79 Å². The average Bonchev–Trinajstić information content (AvgIpc) is 2.45. The first-order chi connectivity index (χ1) is 9.65. The lowest BCUT2D eigenvalue weighted by Crippen LogP contribution is -1.95. The fourth-order valence-electron chi connectivity index (χ4n) is 1.13. The molecule has 6 heteroatoms. The molecule has 0 atom stereocenters. The van der Waals surface area contributed by atoms with Crippen LogP contribution in [-0.4, -0.2) is 24.1 Å². The largest absolute Gasteiger partial charge is 0.478 e. The van der Waals surface area contributed by atoms with E-state index in [0.717, 1.165) is 12.8 Å². The molecular formula is C14H14N2O4. The molecule has 0 bridgehead atoms. The van der Waals surface area contributed by atoms with Gasteiger partial charge in [-0.25, -0.2) is 11.4 Å². The van der Waals surface area contributed by atoms with E-state index in [-0.39, 0.29) is 12.0 Å². The molecule has 0 amide bonds. The smallest absolute Gasteiger partial charge is 0.335 e. The summed E-state index contributed by atoms with van der Waals surface area (Å²) in [6, 6.07) is 7.58. The van der Waals surface area contributed by atoms with Crippen LogP contribution in [0.1, 0.15) is 29.6 Å². The van der Waals surface area contributed by atoms with Crippen molar-refractivity contribution in [2.24, 2.45) is 0 Å². The van der Waals surface area contributed by atoms with Crippen molar-refractivity contribution in [1.82, 2.24) is 0 Å². The first-order valence-electron chi connectivity index (χ1n) is 5.79. The highest BCUT2D eigenvalue weighted by Crippen LogP contribution is 2.10. The van der Waals surface area contributed by atoms with Crippen molar-refractivity contribution in [1.29, 1.82) is 5.26 Å². The standard InChI is InChI=1S/C8H6O4.C6H8N2/c9-5-12-7-3-1-6(2-4-7)8(10)11;1-8-6-4-2-3-5-7/h1-5H,(H,10,11);2-4,6H2. The van der Waals surface area contributed by atoms with Crippen LogP contribution in [0.3, 0.4) is 0 Å². The highest BCUT2D eigenvalue weighted by molar-refractivity contribution is 5.87. The summed E-state index contributed by atoms with van der Waals surface area (Å²) in [4.78, 5) is 23.4. The Bertz CT molecular complexity index is 481. The molecule has 0 unspecified atom stereocenters. The van der Waals surface area contributed by atoms with E-state index in [2.05, 4.69) is 9.58 Å². The van der Waals surface area contributed by atoms with Gasteiger partial charge in [-0.1, -0.05) is 0 Å². The van der Waals surface area contributed by atoms with Gasteiger partial charge in [0.05, 0.1) is 11.6 Å². The molecule has 0 radical (unpaired) electrons. The molecular weight excluding hydrogens is 260 g/mol. The Morgan fingerprint density at radius 2 is 2.05 bits per heavy atom. The van der Waals surface area contributed by atoms with Gasteiger partial charge < -0.3 is 14.7 Å². The second-order valence-electron chi connectivity index (χ2n) is 3.54. The number of nitriles is 1. The molecule has 0 saturated carbocycles. The van der Waals surface area contributed by atoms with E-state index in [0.29, 0.717) is 18.7 Å². The zero-order valence-corrected chi connectivity index (χ0v) is 10.8. The molecule has 0 aromatic heterocycles. The third kappa shape index (κ3) is 8.26. The lowest BCUT2D eigenvalue weighted by Gasteiger charge is -1.96. The Kier molecular flexibility index (Phi) is 9.64. The molecule has 0 fully saturated rings. The Labute approximate surface area is 117 Å². The number of aromatic carboxylic acids is 1. The Balaban J connectivity index is 0.000000396. The van der Waals surface area contributed by atoms with Crippen LogP contribution in [0.5, 0.6) is 5.75 Å². The van der Waals surface area contributed by atoms with Gasteiger partial charge >= 0.3 is 5.97 Å². The van der Waals surface area contributed by atoms with Crippen LogP contribution in [0.4, 0.5) is 0 Å². The van der Waals surface area contributed by atoms with E-state index in [1.165, 1.54) is 24.3 Å². The van der Waals surface area contributed by atoms with E-state index >= 15 is 0 Å². The summed E-state index contributed by atoms with van der Waals surface area (Å²) in [6.45, 7) is 7.24. The number of carbonyl (C=O) groups excluding carboxylic acids is 1. The van der Waals surface area contributed by atoms with Crippen molar-refractivity contribution >= 4 is 12.4 Å². The molecule has 0 aliphatic heterocycles. The fraction of sp³-hybridized carbons (Fsp3) is 0.286. The van der Waals surface area contributed by atoms with Crippen molar-refractivity contribution < 1.29 is 19.4 Å². The molecule has 104 valence electrons. The number of carboxylic acids is 1. The van der Waals surface area contributed by atoms with Crippen LogP contribution in [0.15, 0.2) is 24.3 Å². The number of nitrogens with zero attached hydrogens (tertiary/aromatic N) is 2. The SMILES string of the molecule is O=COc1ccc(C(=O)O)cc1.[C-]#[N+]CCCCC#N. The second kappa shape index (κ2) is 11.2. The fourth-order valence-corrected chi connectivity index (χ4v) is 1.13. The predicted octanol–water partition coefficient (Wildman–Crippen LogP) is 2.52. The van der Waals surface area contributed by atoms with Crippen LogP contribution >= 0.6 is 0 Å².